The summed E-state index contributed by atoms with van der Waals surface area (Å²) in [4.78, 5) is 14.1. The molecule has 0 atom stereocenters. The van der Waals surface area contributed by atoms with Crippen LogP contribution in [0.3, 0.4) is 0 Å². The van der Waals surface area contributed by atoms with Gasteiger partial charge in [-0.3, -0.25) is 0 Å². The number of para-hydroxylation sites is 1. The predicted molar refractivity (Wildman–Crippen MR) is 99.4 cm³/mol. The largest absolute Gasteiger partial charge is 0.487 e. The molecule has 0 saturated carbocycles. The molecule has 4 rings (SSSR count). The lowest BCUT2D eigenvalue weighted by Gasteiger charge is -2.44. The van der Waals surface area contributed by atoms with Crippen LogP contribution in [-0.2, 0) is 12.6 Å². The van der Waals surface area contributed by atoms with Crippen molar-refractivity contribution in [3.63, 3.8) is 0 Å². The zero-order valence-electron chi connectivity index (χ0n) is 15.3. The molecule has 28 heavy (non-hydrogen) atoms. The highest BCUT2D eigenvalue weighted by atomic mass is 19.4. The average Bonchev–Trinajstić information content (AvgIpc) is 2.68. The van der Waals surface area contributed by atoms with Crippen LogP contribution in [0.5, 0.6) is 5.75 Å². The Hall–Kier alpha value is -2.70. The molecule has 2 heterocycles. The summed E-state index contributed by atoms with van der Waals surface area (Å²) in [7, 11) is 0. The van der Waals surface area contributed by atoms with Gasteiger partial charge >= 0.3 is 12.2 Å². The minimum atomic E-state index is -4.44. The van der Waals surface area contributed by atoms with Crippen LogP contribution in [0.1, 0.15) is 30.4 Å². The van der Waals surface area contributed by atoms with Gasteiger partial charge in [-0.1, -0.05) is 24.3 Å². The SMILES string of the molecule is O=C(Nc1cccc(C(F)(F)F)c1)N1CCC2(CCc3ccccc3O2)CC1. The number of hydrogen-bond donors (Lipinski definition) is 1. The number of piperidine rings is 1. The first-order valence-electron chi connectivity index (χ1n) is 9.35. The average molecular weight is 390 g/mol. The molecule has 0 bridgehead atoms. The predicted octanol–water partition coefficient (Wildman–Crippen LogP) is 5.10. The first-order chi connectivity index (χ1) is 13.3. The zero-order valence-corrected chi connectivity index (χ0v) is 15.3. The molecule has 0 aliphatic carbocycles. The quantitative estimate of drug-likeness (QED) is 0.736. The first kappa shape index (κ1) is 18.7. The molecule has 4 nitrogen and oxygen atoms in total. The van der Waals surface area contributed by atoms with Crippen molar-refractivity contribution in [3.05, 3.63) is 59.7 Å². The number of urea groups is 1. The van der Waals surface area contributed by atoms with E-state index >= 15 is 0 Å². The second-order valence-electron chi connectivity index (χ2n) is 7.39. The maximum Gasteiger partial charge on any atom is 0.416 e. The molecule has 0 unspecified atom stereocenters. The number of fused-ring (bicyclic) bond motifs is 1. The third kappa shape index (κ3) is 3.79. The number of aryl methyl sites for hydroxylation is 1. The molecule has 7 heteroatoms. The van der Waals surface area contributed by atoms with Gasteiger partial charge in [0.2, 0.25) is 0 Å². The Balaban J connectivity index is 1.37. The molecule has 0 radical (unpaired) electrons. The van der Waals surface area contributed by atoms with Crippen LogP contribution in [0, 0.1) is 0 Å². The second kappa shape index (κ2) is 7.04. The third-order valence-electron chi connectivity index (χ3n) is 5.55. The smallest absolute Gasteiger partial charge is 0.416 e. The molecule has 2 amide bonds. The maximum atomic E-state index is 12.8. The van der Waals surface area contributed by atoms with E-state index in [2.05, 4.69) is 11.4 Å². The van der Waals surface area contributed by atoms with Crippen molar-refractivity contribution in [1.82, 2.24) is 4.90 Å². The van der Waals surface area contributed by atoms with E-state index < -0.39 is 11.7 Å². The number of hydrogen-bond acceptors (Lipinski definition) is 2. The lowest BCUT2D eigenvalue weighted by atomic mass is 9.83. The van der Waals surface area contributed by atoms with Gasteiger partial charge in [0.25, 0.3) is 0 Å². The summed E-state index contributed by atoms with van der Waals surface area (Å²) in [6, 6.07) is 12.3. The van der Waals surface area contributed by atoms with E-state index in [-0.39, 0.29) is 17.3 Å². The number of benzene rings is 2. The van der Waals surface area contributed by atoms with Gasteiger partial charge < -0.3 is 15.0 Å². The number of rotatable bonds is 1. The van der Waals surface area contributed by atoms with Crippen LogP contribution in [0.15, 0.2) is 48.5 Å². The molecular weight excluding hydrogens is 369 g/mol. The van der Waals surface area contributed by atoms with Crippen LogP contribution in [0.2, 0.25) is 0 Å². The lowest BCUT2D eigenvalue weighted by molar-refractivity contribution is -0.137. The van der Waals surface area contributed by atoms with Gasteiger partial charge in [-0.2, -0.15) is 13.2 Å². The number of likely N-dealkylation sites (tertiary alicyclic amines) is 1. The van der Waals surface area contributed by atoms with Crippen molar-refractivity contribution in [2.24, 2.45) is 0 Å². The summed E-state index contributed by atoms with van der Waals surface area (Å²) in [6.07, 6.45) is -1.17. The fourth-order valence-electron chi connectivity index (χ4n) is 3.90. The van der Waals surface area contributed by atoms with Crippen molar-refractivity contribution in [1.29, 1.82) is 0 Å². The normalized spacial score (nSPS) is 18.3. The number of anilines is 1. The summed E-state index contributed by atoms with van der Waals surface area (Å²) < 4.78 is 44.8. The number of nitrogens with zero attached hydrogens (tertiary/aromatic N) is 1. The third-order valence-corrected chi connectivity index (χ3v) is 5.55. The molecule has 2 aromatic carbocycles. The van der Waals surface area contributed by atoms with Crippen molar-refractivity contribution in [2.75, 3.05) is 18.4 Å². The Morgan fingerprint density at radius 2 is 1.79 bits per heavy atom. The molecule has 0 aromatic heterocycles. The van der Waals surface area contributed by atoms with Crippen molar-refractivity contribution < 1.29 is 22.7 Å². The first-order valence-corrected chi connectivity index (χ1v) is 9.35. The van der Waals surface area contributed by atoms with E-state index in [0.717, 1.165) is 30.7 Å². The molecule has 2 aliphatic rings. The Labute approximate surface area is 161 Å². The molecule has 1 fully saturated rings. The molecule has 148 valence electrons. The number of carbonyl (C=O) groups is 1. The Kier molecular flexibility index (Phi) is 4.69. The fraction of sp³-hybridized carbons (Fsp3) is 0.381. The van der Waals surface area contributed by atoms with Gasteiger partial charge in [0.05, 0.1) is 5.56 Å². The maximum absolute atomic E-state index is 12.8. The van der Waals surface area contributed by atoms with E-state index in [1.54, 1.807) is 4.90 Å². The summed E-state index contributed by atoms with van der Waals surface area (Å²) >= 11 is 0. The van der Waals surface area contributed by atoms with Gasteiger partial charge in [-0.05, 0) is 42.7 Å². The van der Waals surface area contributed by atoms with E-state index in [0.29, 0.717) is 25.9 Å². The topological polar surface area (TPSA) is 41.6 Å². The number of nitrogens with one attached hydrogen (secondary N) is 1. The number of halogens is 3. The fourth-order valence-corrected chi connectivity index (χ4v) is 3.90. The van der Waals surface area contributed by atoms with E-state index in [1.807, 2.05) is 18.2 Å². The second-order valence-corrected chi connectivity index (χ2v) is 7.39. The van der Waals surface area contributed by atoms with Crippen LogP contribution in [-0.4, -0.2) is 29.6 Å². The highest BCUT2D eigenvalue weighted by Crippen LogP contribution is 2.39. The summed E-state index contributed by atoms with van der Waals surface area (Å²) in [6.45, 7) is 1.01. The monoisotopic (exact) mass is 390 g/mol. The van der Waals surface area contributed by atoms with Crippen LogP contribution < -0.4 is 10.1 Å². The lowest BCUT2D eigenvalue weighted by Crippen LogP contribution is -2.52. The van der Waals surface area contributed by atoms with Gasteiger partial charge in [0, 0.05) is 31.6 Å². The van der Waals surface area contributed by atoms with Crippen molar-refractivity contribution >= 4 is 11.7 Å². The van der Waals surface area contributed by atoms with Gasteiger partial charge in [-0.15, -0.1) is 0 Å². The molecule has 1 saturated heterocycles. The van der Waals surface area contributed by atoms with Crippen LogP contribution in [0.4, 0.5) is 23.7 Å². The molecule has 2 aliphatic heterocycles. The van der Waals surface area contributed by atoms with Crippen LogP contribution >= 0.6 is 0 Å². The van der Waals surface area contributed by atoms with Crippen molar-refractivity contribution in [2.45, 2.75) is 37.5 Å². The molecule has 1 N–H and O–H groups in total. The van der Waals surface area contributed by atoms with E-state index in [9.17, 15) is 18.0 Å². The van der Waals surface area contributed by atoms with E-state index in [1.165, 1.54) is 17.7 Å². The van der Waals surface area contributed by atoms with Crippen LogP contribution in [0.25, 0.3) is 0 Å². The number of ether oxygens (including phenoxy) is 1. The van der Waals surface area contributed by atoms with Gasteiger partial charge in [0.15, 0.2) is 0 Å². The Bertz CT molecular complexity index is 874. The van der Waals surface area contributed by atoms with Crippen molar-refractivity contribution in [3.8, 4) is 5.75 Å². The molecule has 1 spiro atoms. The Morgan fingerprint density at radius 1 is 1.04 bits per heavy atom. The van der Waals surface area contributed by atoms with Gasteiger partial charge in [0.1, 0.15) is 11.4 Å². The minimum Gasteiger partial charge on any atom is -0.487 e. The number of carbonyl (C=O) groups excluding carboxylic acids is 1. The standard InChI is InChI=1S/C21H21F3N2O2/c22-21(23,24)16-5-3-6-17(14-16)25-19(27)26-12-10-20(11-13-26)9-8-15-4-1-2-7-18(15)28-20/h1-7,14H,8-13H2,(H,25,27). The molecular formula is C21H21F3N2O2. The number of amides is 2. The summed E-state index contributed by atoms with van der Waals surface area (Å²) in [5.74, 6) is 0.913. The summed E-state index contributed by atoms with van der Waals surface area (Å²) in [5.41, 5.74) is 0.305. The van der Waals surface area contributed by atoms with E-state index in [4.69, 9.17) is 4.74 Å². The minimum absolute atomic E-state index is 0.142. The molecule has 2 aromatic rings. The highest BCUT2D eigenvalue weighted by molar-refractivity contribution is 5.89. The Morgan fingerprint density at radius 3 is 2.54 bits per heavy atom. The highest BCUT2D eigenvalue weighted by Gasteiger charge is 2.40. The zero-order chi connectivity index (χ0) is 19.8. The number of alkyl halides is 3. The summed E-state index contributed by atoms with van der Waals surface area (Å²) in [5, 5.41) is 2.58. The van der Waals surface area contributed by atoms with Gasteiger partial charge in [-0.25, -0.2) is 4.79 Å².